The number of piperidine rings is 1. The van der Waals surface area contributed by atoms with Crippen LogP contribution in [0.25, 0.3) is 0 Å². The van der Waals surface area contributed by atoms with Crippen LogP contribution in [-0.2, 0) is 14.3 Å². The van der Waals surface area contributed by atoms with Crippen LogP contribution in [0.15, 0.2) is 12.2 Å². The minimum Gasteiger partial charge on any atom is -0.378 e. The van der Waals surface area contributed by atoms with Crippen LogP contribution in [0.1, 0.15) is 44.9 Å². The van der Waals surface area contributed by atoms with Crippen molar-refractivity contribution in [2.24, 2.45) is 17.8 Å². The molecule has 5 heteroatoms. The summed E-state index contributed by atoms with van der Waals surface area (Å²) in [4.78, 5) is 30.5. The molecular formula is C20H30N2O3. The zero-order valence-corrected chi connectivity index (χ0v) is 15.1. The second-order valence-electron chi connectivity index (χ2n) is 8.01. The smallest absolute Gasteiger partial charge is 0.227 e. The maximum atomic E-state index is 13.4. The van der Waals surface area contributed by atoms with Gasteiger partial charge in [-0.15, -0.1) is 0 Å². The first-order valence-corrected chi connectivity index (χ1v) is 10.1. The van der Waals surface area contributed by atoms with Crippen molar-refractivity contribution in [3.8, 4) is 0 Å². The molecule has 2 saturated heterocycles. The number of fused-ring (bicyclic) bond motifs is 1. The Labute approximate surface area is 150 Å². The SMILES string of the molecule is O=C(C1CC=C[C@@H]2CCN(C3CCCCC3)C(=O)[C@H]12)N1CCOCC1. The lowest BCUT2D eigenvalue weighted by Gasteiger charge is -2.46. The Hall–Kier alpha value is -1.36. The normalized spacial score (nSPS) is 34.1. The van der Waals surface area contributed by atoms with Gasteiger partial charge in [-0.05, 0) is 31.6 Å². The number of ether oxygens (including phenoxy) is 1. The summed E-state index contributed by atoms with van der Waals surface area (Å²) in [6, 6.07) is 0.409. The first-order valence-electron chi connectivity index (χ1n) is 10.1. The lowest BCUT2D eigenvalue weighted by molar-refractivity contribution is -0.155. The van der Waals surface area contributed by atoms with E-state index in [0.717, 1.165) is 25.8 Å². The van der Waals surface area contributed by atoms with Crippen molar-refractivity contribution in [3.63, 3.8) is 0 Å². The van der Waals surface area contributed by atoms with Crippen LogP contribution >= 0.6 is 0 Å². The summed E-state index contributed by atoms with van der Waals surface area (Å²) >= 11 is 0. The van der Waals surface area contributed by atoms with Gasteiger partial charge >= 0.3 is 0 Å². The van der Waals surface area contributed by atoms with E-state index in [2.05, 4.69) is 17.1 Å². The Morgan fingerprint density at radius 3 is 2.56 bits per heavy atom. The molecule has 3 atom stereocenters. The van der Waals surface area contributed by atoms with Crippen molar-refractivity contribution in [3.05, 3.63) is 12.2 Å². The van der Waals surface area contributed by atoms with E-state index in [1.807, 2.05) is 4.90 Å². The van der Waals surface area contributed by atoms with E-state index in [0.29, 0.717) is 38.8 Å². The van der Waals surface area contributed by atoms with E-state index in [1.165, 1.54) is 19.3 Å². The predicted molar refractivity (Wildman–Crippen MR) is 94.8 cm³/mol. The number of carbonyl (C=O) groups is 2. The van der Waals surface area contributed by atoms with E-state index >= 15 is 0 Å². The van der Waals surface area contributed by atoms with Gasteiger partial charge in [0.15, 0.2) is 0 Å². The minimum atomic E-state index is -0.174. The van der Waals surface area contributed by atoms with Gasteiger partial charge in [0.05, 0.1) is 25.0 Å². The maximum Gasteiger partial charge on any atom is 0.227 e. The largest absolute Gasteiger partial charge is 0.378 e. The first kappa shape index (κ1) is 17.1. The van der Waals surface area contributed by atoms with E-state index in [4.69, 9.17) is 4.74 Å². The molecule has 0 aromatic carbocycles. The van der Waals surface area contributed by atoms with Crippen LogP contribution in [-0.4, -0.2) is 60.5 Å². The quantitative estimate of drug-likeness (QED) is 0.721. The summed E-state index contributed by atoms with van der Waals surface area (Å²) in [5.41, 5.74) is 0. The highest BCUT2D eigenvalue weighted by Crippen LogP contribution is 2.40. The summed E-state index contributed by atoms with van der Waals surface area (Å²) < 4.78 is 5.38. The molecule has 25 heavy (non-hydrogen) atoms. The maximum absolute atomic E-state index is 13.4. The third-order valence-electron chi connectivity index (χ3n) is 6.60. The minimum absolute atomic E-state index is 0.143. The topological polar surface area (TPSA) is 49.9 Å². The molecule has 4 rings (SSSR count). The molecule has 1 saturated carbocycles. The van der Waals surface area contributed by atoms with Gasteiger partial charge in [-0.1, -0.05) is 31.4 Å². The van der Waals surface area contributed by atoms with Crippen molar-refractivity contribution >= 4 is 11.8 Å². The summed E-state index contributed by atoms with van der Waals surface area (Å²) in [6.45, 7) is 3.43. The van der Waals surface area contributed by atoms with E-state index in [9.17, 15) is 9.59 Å². The average Bonchev–Trinajstić information content (AvgIpc) is 2.68. The fourth-order valence-corrected chi connectivity index (χ4v) is 5.21. The lowest BCUT2D eigenvalue weighted by Crippen LogP contribution is -2.56. The van der Waals surface area contributed by atoms with Crippen molar-refractivity contribution < 1.29 is 14.3 Å². The lowest BCUT2D eigenvalue weighted by atomic mass is 9.70. The fourth-order valence-electron chi connectivity index (χ4n) is 5.21. The zero-order valence-electron chi connectivity index (χ0n) is 15.1. The van der Waals surface area contributed by atoms with Crippen molar-refractivity contribution in [2.45, 2.75) is 51.0 Å². The molecule has 2 amide bonds. The number of amides is 2. The third-order valence-corrected chi connectivity index (χ3v) is 6.60. The molecule has 0 aromatic rings. The van der Waals surface area contributed by atoms with Gasteiger partial charge in [-0.25, -0.2) is 0 Å². The Morgan fingerprint density at radius 1 is 1.04 bits per heavy atom. The molecule has 2 heterocycles. The predicted octanol–water partition coefficient (Wildman–Crippen LogP) is 2.22. The Balaban J connectivity index is 1.51. The van der Waals surface area contributed by atoms with E-state index in [1.54, 1.807) is 0 Å². The Kier molecular flexibility index (Phi) is 5.11. The molecular weight excluding hydrogens is 316 g/mol. The van der Waals surface area contributed by atoms with Crippen LogP contribution in [0.5, 0.6) is 0 Å². The molecule has 2 aliphatic carbocycles. The summed E-state index contributed by atoms with van der Waals surface area (Å²) in [5, 5.41) is 0. The zero-order chi connectivity index (χ0) is 17.2. The molecule has 4 aliphatic rings. The monoisotopic (exact) mass is 346 g/mol. The molecule has 3 fully saturated rings. The highest BCUT2D eigenvalue weighted by atomic mass is 16.5. The Bertz CT molecular complexity index is 535. The van der Waals surface area contributed by atoms with Gasteiger partial charge in [0.2, 0.25) is 11.8 Å². The third kappa shape index (κ3) is 3.35. The molecule has 0 bridgehead atoms. The van der Waals surface area contributed by atoms with Crippen LogP contribution in [0.4, 0.5) is 0 Å². The number of carbonyl (C=O) groups excluding carboxylic acids is 2. The van der Waals surface area contributed by atoms with E-state index < -0.39 is 0 Å². The number of hydrogen-bond acceptors (Lipinski definition) is 3. The fraction of sp³-hybridized carbons (Fsp3) is 0.800. The van der Waals surface area contributed by atoms with Crippen LogP contribution in [0, 0.1) is 17.8 Å². The molecule has 0 radical (unpaired) electrons. The second kappa shape index (κ2) is 7.48. The van der Waals surface area contributed by atoms with Crippen molar-refractivity contribution in [1.82, 2.24) is 9.80 Å². The van der Waals surface area contributed by atoms with Gasteiger partial charge in [0.25, 0.3) is 0 Å². The van der Waals surface area contributed by atoms with Crippen LogP contribution < -0.4 is 0 Å². The average molecular weight is 346 g/mol. The number of nitrogens with zero attached hydrogens (tertiary/aromatic N) is 2. The summed E-state index contributed by atoms with van der Waals surface area (Å²) in [5.74, 6) is 0.347. The standard InChI is InChI=1S/C20H30N2O3/c23-19(21-11-13-25-14-12-21)17-8-4-5-15-9-10-22(20(24)18(15)17)16-6-2-1-3-7-16/h4-5,15-18H,1-3,6-14H2/t15-,17?,18+/m1/s1. The van der Waals surface area contributed by atoms with Gasteiger partial charge in [-0.3, -0.25) is 9.59 Å². The highest BCUT2D eigenvalue weighted by Gasteiger charge is 2.47. The highest BCUT2D eigenvalue weighted by molar-refractivity contribution is 5.89. The van der Waals surface area contributed by atoms with Gasteiger partial charge in [-0.2, -0.15) is 0 Å². The van der Waals surface area contributed by atoms with Crippen molar-refractivity contribution in [2.75, 3.05) is 32.8 Å². The molecule has 5 nitrogen and oxygen atoms in total. The molecule has 138 valence electrons. The van der Waals surface area contributed by atoms with E-state index in [-0.39, 0.29) is 29.6 Å². The molecule has 2 aliphatic heterocycles. The van der Waals surface area contributed by atoms with Crippen LogP contribution in [0.3, 0.4) is 0 Å². The summed E-state index contributed by atoms with van der Waals surface area (Å²) in [7, 11) is 0. The van der Waals surface area contributed by atoms with Gasteiger partial charge < -0.3 is 14.5 Å². The van der Waals surface area contributed by atoms with Crippen molar-refractivity contribution in [1.29, 1.82) is 0 Å². The molecule has 0 N–H and O–H groups in total. The van der Waals surface area contributed by atoms with Gasteiger partial charge in [0, 0.05) is 25.7 Å². The Morgan fingerprint density at radius 2 is 1.80 bits per heavy atom. The number of morpholine rings is 1. The number of rotatable bonds is 2. The van der Waals surface area contributed by atoms with Gasteiger partial charge in [0.1, 0.15) is 0 Å². The van der Waals surface area contributed by atoms with Crippen LogP contribution in [0.2, 0.25) is 0 Å². The number of likely N-dealkylation sites (tertiary alicyclic amines) is 1. The molecule has 0 aromatic heterocycles. The summed E-state index contributed by atoms with van der Waals surface area (Å²) in [6.07, 6.45) is 12.1. The molecule has 1 unspecified atom stereocenters. The number of hydrogen-bond donors (Lipinski definition) is 0. The number of allylic oxidation sites excluding steroid dienone is 2. The molecule has 0 spiro atoms. The second-order valence-corrected chi connectivity index (χ2v) is 8.01. The first-order chi connectivity index (χ1) is 12.3.